The van der Waals surface area contributed by atoms with Crippen molar-refractivity contribution < 1.29 is 14.3 Å². The van der Waals surface area contributed by atoms with Crippen molar-refractivity contribution in [1.29, 1.82) is 0 Å². The Hall–Kier alpha value is -3.19. The Labute approximate surface area is 167 Å². The van der Waals surface area contributed by atoms with Crippen molar-refractivity contribution in [2.24, 2.45) is 0 Å². The van der Waals surface area contributed by atoms with Crippen LogP contribution in [0, 0.1) is 20.8 Å². The molecule has 1 aromatic heterocycles. The summed E-state index contributed by atoms with van der Waals surface area (Å²) in [4.78, 5) is 28.3. The number of ether oxygens (including phenoxy) is 1. The molecular formula is C21H21N3O3S. The average Bonchev–Trinajstić information content (AvgIpc) is 3.17. The molecule has 7 heteroatoms. The number of nitrogens with one attached hydrogen (secondary N) is 2. The number of rotatable bonds is 6. The minimum absolute atomic E-state index is 0.0877. The zero-order valence-electron chi connectivity index (χ0n) is 15.9. The van der Waals surface area contributed by atoms with Crippen LogP contribution in [-0.2, 0) is 4.79 Å². The van der Waals surface area contributed by atoms with E-state index in [4.69, 9.17) is 4.74 Å². The lowest BCUT2D eigenvalue weighted by molar-refractivity contribution is -0.118. The van der Waals surface area contributed by atoms with Crippen LogP contribution in [-0.4, -0.2) is 23.4 Å². The predicted octanol–water partition coefficient (Wildman–Crippen LogP) is 4.34. The van der Waals surface area contributed by atoms with E-state index < -0.39 is 0 Å². The van der Waals surface area contributed by atoms with E-state index in [2.05, 4.69) is 15.6 Å². The third-order valence-electron chi connectivity index (χ3n) is 4.23. The average molecular weight is 395 g/mol. The first kappa shape index (κ1) is 19.6. The molecule has 3 rings (SSSR count). The van der Waals surface area contributed by atoms with Crippen molar-refractivity contribution in [1.82, 2.24) is 4.98 Å². The van der Waals surface area contributed by atoms with Crippen molar-refractivity contribution in [3.8, 4) is 5.75 Å². The van der Waals surface area contributed by atoms with Gasteiger partial charge in [-0.1, -0.05) is 6.07 Å². The van der Waals surface area contributed by atoms with Gasteiger partial charge in [-0.3, -0.25) is 14.9 Å². The molecule has 0 aliphatic carbocycles. The van der Waals surface area contributed by atoms with Gasteiger partial charge in [0.15, 0.2) is 11.7 Å². The van der Waals surface area contributed by atoms with Crippen LogP contribution in [0.25, 0.3) is 0 Å². The highest BCUT2D eigenvalue weighted by Crippen LogP contribution is 2.22. The Morgan fingerprint density at radius 1 is 1.00 bits per heavy atom. The van der Waals surface area contributed by atoms with Gasteiger partial charge in [-0.15, -0.1) is 11.3 Å². The van der Waals surface area contributed by atoms with Crippen LogP contribution in [0.5, 0.6) is 5.75 Å². The number of carbonyl (C=O) groups excluding carboxylic acids is 2. The van der Waals surface area contributed by atoms with E-state index in [9.17, 15) is 9.59 Å². The normalized spacial score (nSPS) is 10.4. The van der Waals surface area contributed by atoms with Crippen LogP contribution in [0.4, 0.5) is 10.8 Å². The molecule has 0 aliphatic rings. The summed E-state index contributed by atoms with van der Waals surface area (Å²) in [5, 5.41) is 7.81. The number of thiazole rings is 1. The van der Waals surface area contributed by atoms with Crippen LogP contribution in [0.2, 0.25) is 0 Å². The largest absolute Gasteiger partial charge is 0.483 e. The van der Waals surface area contributed by atoms with Gasteiger partial charge in [0.25, 0.3) is 11.8 Å². The SMILES string of the molecule is Cc1cc(C)c(OCC(=O)Nc2ccc(C(=O)Nc3nccs3)cc2)cc1C. The van der Waals surface area contributed by atoms with Gasteiger partial charge in [-0.2, -0.15) is 0 Å². The van der Waals surface area contributed by atoms with Crippen molar-refractivity contribution in [2.45, 2.75) is 20.8 Å². The maximum atomic E-state index is 12.2. The van der Waals surface area contributed by atoms with Crippen molar-refractivity contribution in [3.05, 3.63) is 70.2 Å². The molecular weight excluding hydrogens is 374 g/mol. The number of hydrogen-bond donors (Lipinski definition) is 2. The summed E-state index contributed by atoms with van der Waals surface area (Å²) in [5.74, 6) is 0.187. The van der Waals surface area contributed by atoms with Crippen molar-refractivity contribution in [3.63, 3.8) is 0 Å². The Kier molecular flexibility index (Phi) is 6.06. The molecule has 0 radical (unpaired) electrons. The van der Waals surface area contributed by atoms with Crippen molar-refractivity contribution in [2.75, 3.05) is 17.2 Å². The van der Waals surface area contributed by atoms with E-state index in [0.717, 1.165) is 11.1 Å². The quantitative estimate of drug-likeness (QED) is 0.651. The number of aromatic nitrogens is 1. The number of amides is 2. The van der Waals surface area contributed by atoms with Crippen LogP contribution < -0.4 is 15.4 Å². The number of aryl methyl sites for hydroxylation is 3. The molecule has 1 heterocycles. The third-order valence-corrected chi connectivity index (χ3v) is 4.92. The molecule has 0 bridgehead atoms. The fraction of sp³-hybridized carbons (Fsp3) is 0.190. The number of benzene rings is 2. The fourth-order valence-corrected chi connectivity index (χ4v) is 3.11. The zero-order valence-corrected chi connectivity index (χ0v) is 16.7. The highest BCUT2D eigenvalue weighted by molar-refractivity contribution is 7.13. The molecule has 144 valence electrons. The van der Waals surface area contributed by atoms with Crippen LogP contribution >= 0.6 is 11.3 Å². The zero-order chi connectivity index (χ0) is 20.1. The van der Waals surface area contributed by atoms with Crippen LogP contribution in [0.15, 0.2) is 48.0 Å². The van der Waals surface area contributed by atoms with Gasteiger partial charge in [-0.25, -0.2) is 4.98 Å². The number of carbonyl (C=O) groups is 2. The van der Waals surface area contributed by atoms with E-state index >= 15 is 0 Å². The maximum absolute atomic E-state index is 12.2. The maximum Gasteiger partial charge on any atom is 0.262 e. The summed E-state index contributed by atoms with van der Waals surface area (Å²) in [5.41, 5.74) is 4.37. The monoisotopic (exact) mass is 395 g/mol. The summed E-state index contributed by atoms with van der Waals surface area (Å²) >= 11 is 1.35. The Bertz CT molecular complexity index is 983. The second kappa shape index (κ2) is 8.67. The first-order chi connectivity index (χ1) is 13.4. The molecule has 3 aromatic rings. The molecule has 6 nitrogen and oxygen atoms in total. The summed E-state index contributed by atoms with van der Waals surface area (Å²) in [6.07, 6.45) is 1.63. The predicted molar refractivity (Wildman–Crippen MR) is 111 cm³/mol. The first-order valence-electron chi connectivity index (χ1n) is 8.74. The van der Waals surface area contributed by atoms with E-state index in [1.165, 1.54) is 16.9 Å². The van der Waals surface area contributed by atoms with Crippen LogP contribution in [0.1, 0.15) is 27.0 Å². The van der Waals surface area contributed by atoms with E-state index in [1.807, 2.05) is 32.9 Å². The molecule has 0 spiro atoms. The summed E-state index contributed by atoms with van der Waals surface area (Å²) < 4.78 is 5.65. The minimum atomic E-state index is -0.266. The Morgan fingerprint density at radius 3 is 2.39 bits per heavy atom. The standard InChI is InChI=1S/C21H21N3O3S/c1-13-10-15(3)18(11-14(13)2)27-12-19(25)23-17-6-4-16(5-7-17)20(26)24-21-22-8-9-28-21/h4-11H,12H2,1-3H3,(H,23,25)(H,22,24,26). The molecule has 0 aliphatic heterocycles. The second-order valence-corrected chi connectivity index (χ2v) is 7.30. The molecule has 0 fully saturated rings. The highest BCUT2D eigenvalue weighted by atomic mass is 32.1. The van der Waals surface area contributed by atoms with Gasteiger partial charge in [0.05, 0.1) is 0 Å². The summed E-state index contributed by atoms with van der Waals surface area (Å²) in [6.45, 7) is 5.92. The Balaban J connectivity index is 1.54. The Morgan fingerprint density at radius 2 is 1.71 bits per heavy atom. The topological polar surface area (TPSA) is 80.3 Å². The number of anilines is 2. The first-order valence-corrected chi connectivity index (χ1v) is 9.62. The highest BCUT2D eigenvalue weighted by Gasteiger charge is 2.10. The summed E-state index contributed by atoms with van der Waals surface area (Å²) in [6, 6.07) is 10.6. The molecule has 0 atom stereocenters. The smallest absolute Gasteiger partial charge is 0.262 e. The number of hydrogen-bond acceptors (Lipinski definition) is 5. The van der Waals surface area contributed by atoms with Gasteiger partial charge >= 0.3 is 0 Å². The lowest BCUT2D eigenvalue weighted by Gasteiger charge is -2.12. The molecule has 0 unspecified atom stereocenters. The summed E-state index contributed by atoms with van der Waals surface area (Å²) in [7, 11) is 0. The third kappa shape index (κ3) is 4.95. The van der Waals surface area contributed by atoms with E-state index in [0.29, 0.717) is 22.1 Å². The van der Waals surface area contributed by atoms with Crippen LogP contribution in [0.3, 0.4) is 0 Å². The van der Waals surface area contributed by atoms with Gasteiger partial charge in [0.1, 0.15) is 5.75 Å². The molecule has 2 amide bonds. The molecule has 2 N–H and O–H groups in total. The van der Waals surface area contributed by atoms with Crippen molar-refractivity contribution >= 4 is 34.0 Å². The second-order valence-electron chi connectivity index (χ2n) is 6.41. The molecule has 28 heavy (non-hydrogen) atoms. The molecule has 0 saturated carbocycles. The van der Waals surface area contributed by atoms with Gasteiger partial charge in [-0.05, 0) is 67.8 Å². The molecule has 2 aromatic carbocycles. The lowest BCUT2D eigenvalue weighted by Crippen LogP contribution is -2.20. The minimum Gasteiger partial charge on any atom is -0.483 e. The van der Waals surface area contributed by atoms with Gasteiger partial charge in [0.2, 0.25) is 0 Å². The van der Waals surface area contributed by atoms with Gasteiger partial charge in [0, 0.05) is 22.8 Å². The number of nitrogens with zero attached hydrogens (tertiary/aromatic N) is 1. The van der Waals surface area contributed by atoms with Gasteiger partial charge < -0.3 is 10.1 Å². The lowest BCUT2D eigenvalue weighted by atomic mass is 10.1. The molecule has 0 saturated heterocycles. The van der Waals surface area contributed by atoms with E-state index in [-0.39, 0.29) is 18.4 Å². The van der Waals surface area contributed by atoms with E-state index in [1.54, 1.807) is 35.8 Å². The fourth-order valence-electron chi connectivity index (χ4n) is 2.59.